The maximum atomic E-state index is 11.8. The lowest BCUT2D eigenvalue weighted by molar-refractivity contribution is 0.0945. The molecular weight excluding hydrogens is 244 g/mol. The van der Waals surface area contributed by atoms with Gasteiger partial charge in [-0.1, -0.05) is 0 Å². The summed E-state index contributed by atoms with van der Waals surface area (Å²) in [5.41, 5.74) is 2.13. The number of nitrogen functional groups attached to an aromatic ring is 1. The van der Waals surface area contributed by atoms with Crippen LogP contribution in [0.4, 0.5) is 0 Å². The molecule has 0 saturated carbocycles. The maximum Gasteiger partial charge on any atom is 0.281 e. The molecule has 1 aromatic rings. The van der Waals surface area contributed by atoms with E-state index in [9.17, 15) is 13.2 Å². The van der Waals surface area contributed by atoms with Crippen molar-refractivity contribution in [3.63, 3.8) is 0 Å². The SMILES string of the molecule is CC(C)NS(=O)(=O)c1cc(C(=O)NN)n(C)c1. The van der Waals surface area contributed by atoms with E-state index in [-0.39, 0.29) is 16.6 Å². The molecule has 0 spiro atoms. The summed E-state index contributed by atoms with van der Waals surface area (Å²) < 4.78 is 27.5. The van der Waals surface area contributed by atoms with Gasteiger partial charge in [0.25, 0.3) is 5.91 Å². The molecule has 0 aliphatic heterocycles. The number of sulfonamides is 1. The molecule has 0 bridgehead atoms. The van der Waals surface area contributed by atoms with Crippen LogP contribution in [0.3, 0.4) is 0 Å². The second-order valence-electron chi connectivity index (χ2n) is 3.92. The van der Waals surface area contributed by atoms with Crippen LogP contribution in [0.1, 0.15) is 24.3 Å². The van der Waals surface area contributed by atoms with Crippen molar-refractivity contribution in [3.8, 4) is 0 Å². The van der Waals surface area contributed by atoms with Gasteiger partial charge in [-0.15, -0.1) is 0 Å². The minimum Gasteiger partial charge on any atom is -0.345 e. The Hall–Kier alpha value is -1.38. The number of aryl methyl sites for hydroxylation is 1. The lowest BCUT2D eigenvalue weighted by Gasteiger charge is -2.07. The Morgan fingerprint density at radius 1 is 1.47 bits per heavy atom. The third-order valence-electron chi connectivity index (χ3n) is 2.04. The molecule has 7 nitrogen and oxygen atoms in total. The van der Waals surface area contributed by atoms with Gasteiger partial charge in [0.05, 0.1) is 0 Å². The van der Waals surface area contributed by atoms with E-state index in [1.807, 2.05) is 5.43 Å². The number of carbonyl (C=O) groups excluding carboxylic acids is 1. The van der Waals surface area contributed by atoms with Crippen LogP contribution in [0.2, 0.25) is 0 Å². The number of hydrazine groups is 1. The van der Waals surface area contributed by atoms with Crippen molar-refractivity contribution < 1.29 is 13.2 Å². The number of nitrogens with one attached hydrogen (secondary N) is 2. The van der Waals surface area contributed by atoms with Crippen LogP contribution < -0.4 is 16.0 Å². The van der Waals surface area contributed by atoms with Gasteiger partial charge in [-0.05, 0) is 19.9 Å². The van der Waals surface area contributed by atoms with E-state index >= 15 is 0 Å². The molecule has 1 amide bonds. The molecule has 0 aliphatic carbocycles. The van der Waals surface area contributed by atoms with E-state index < -0.39 is 15.9 Å². The highest BCUT2D eigenvalue weighted by atomic mass is 32.2. The van der Waals surface area contributed by atoms with Crippen LogP contribution in [0.5, 0.6) is 0 Å². The topological polar surface area (TPSA) is 106 Å². The molecule has 0 aromatic carbocycles. The van der Waals surface area contributed by atoms with Crippen LogP contribution in [0.25, 0.3) is 0 Å². The number of rotatable bonds is 4. The highest BCUT2D eigenvalue weighted by Crippen LogP contribution is 2.13. The number of nitrogens with zero attached hydrogens (tertiary/aromatic N) is 1. The molecule has 96 valence electrons. The zero-order valence-electron chi connectivity index (χ0n) is 9.89. The second-order valence-corrected chi connectivity index (χ2v) is 5.64. The van der Waals surface area contributed by atoms with Crippen LogP contribution in [-0.4, -0.2) is 24.9 Å². The van der Waals surface area contributed by atoms with Crippen molar-refractivity contribution in [2.75, 3.05) is 0 Å². The summed E-state index contributed by atoms with van der Waals surface area (Å²) in [5, 5.41) is 0. The van der Waals surface area contributed by atoms with E-state index in [1.54, 1.807) is 20.9 Å². The fourth-order valence-corrected chi connectivity index (χ4v) is 2.68. The molecule has 0 saturated heterocycles. The Morgan fingerprint density at radius 2 is 2.06 bits per heavy atom. The Labute approximate surface area is 100 Å². The Bertz CT molecular complexity index is 518. The fourth-order valence-electron chi connectivity index (χ4n) is 1.36. The van der Waals surface area contributed by atoms with Gasteiger partial charge >= 0.3 is 0 Å². The minimum atomic E-state index is -3.59. The highest BCUT2D eigenvalue weighted by Gasteiger charge is 2.20. The predicted molar refractivity (Wildman–Crippen MR) is 62.5 cm³/mol. The summed E-state index contributed by atoms with van der Waals surface area (Å²) in [5.74, 6) is 4.45. The van der Waals surface area contributed by atoms with Crippen molar-refractivity contribution >= 4 is 15.9 Å². The average molecular weight is 260 g/mol. The van der Waals surface area contributed by atoms with Crippen LogP contribution in [0, 0.1) is 0 Å². The molecule has 8 heteroatoms. The first-order chi connectivity index (χ1) is 7.77. The zero-order chi connectivity index (χ0) is 13.2. The number of nitrogens with two attached hydrogens (primary N) is 1. The highest BCUT2D eigenvalue weighted by molar-refractivity contribution is 7.89. The normalized spacial score (nSPS) is 11.8. The Morgan fingerprint density at radius 3 is 2.53 bits per heavy atom. The van der Waals surface area contributed by atoms with E-state index in [4.69, 9.17) is 5.84 Å². The summed E-state index contributed by atoms with van der Waals surface area (Å²) in [4.78, 5) is 11.4. The zero-order valence-corrected chi connectivity index (χ0v) is 10.7. The van der Waals surface area contributed by atoms with Gasteiger partial charge in [0.1, 0.15) is 10.6 Å². The van der Waals surface area contributed by atoms with Gasteiger partial charge in [0, 0.05) is 19.3 Å². The van der Waals surface area contributed by atoms with Crippen molar-refractivity contribution in [1.29, 1.82) is 0 Å². The lowest BCUT2D eigenvalue weighted by Crippen LogP contribution is -2.31. The summed E-state index contributed by atoms with van der Waals surface area (Å²) in [7, 11) is -2.03. The molecule has 4 N–H and O–H groups in total. The van der Waals surface area contributed by atoms with Crippen molar-refractivity contribution in [1.82, 2.24) is 14.7 Å². The van der Waals surface area contributed by atoms with E-state index in [1.165, 1.54) is 16.8 Å². The standard InChI is InChI=1S/C9H16N4O3S/c1-6(2)12-17(15,16)7-4-8(9(14)11-10)13(3)5-7/h4-6,12H,10H2,1-3H3,(H,11,14). The molecular formula is C9H16N4O3S. The molecule has 0 unspecified atom stereocenters. The van der Waals surface area contributed by atoms with Gasteiger partial charge in [0.15, 0.2) is 0 Å². The molecule has 0 fully saturated rings. The monoisotopic (exact) mass is 260 g/mol. The van der Waals surface area contributed by atoms with Crippen molar-refractivity contribution in [2.24, 2.45) is 12.9 Å². The smallest absolute Gasteiger partial charge is 0.281 e. The molecule has 0 radical (unpaired) electrons. The van der Waals surface area contributed by atoms with Gasteiger partial charge in [-0.2, -0.15) is 0 Å². The second kappa shape index (κ2) is 4.86. The molecule has 0 atom stereocenters. The molecule has 1 heterocycles. The van der Waals surface area contributed by atoms with Gasteiger partial charge in [0.2, 0.25) is 10.0 Å². The fraction of sp³-hybridized carbons (Fsp3) is 0.444. The lowest BCUT2D eigenvalue weighted by atomic mass is 10.4. The maximum absolute atomic E-state index is 11.8. The largest absolute Gasteiger partial charge is 0.345 e. The summed E-state index contributed by atoms with van der Waals surface area (Å²) >= 11 is 0. The van der Waals surface area contributed by atoms with Gasteiger partial charge in [-0.25, -0.2) is 19.0 Å². The Balaban J connectivity index is 3.14. The minimum absolute atomic E-state index is 0.0345. The first-order valence-corrected chi connectivity index (χ1v) is 6.46. The van der Waals surface area contributed by atoms with Crippen molar-refractivity contribution in [2.45, 2.75) is 24.8 Å². The third kappa shape index (κ3) is 3.05. The third-order valence-corrected chi connectivity index (χ3v) is 3.67. The summed E-state index contributed by atoms with van der Waals surface area (Å²) in [6, 6.07) is 1.05. The number of amides is 1. The van der Waals surface area contributed by atoms with Crippen LogP contribution in [-0.2, 0) is 17.1 Å². The van der Waals surface area contributed by atoms with E-state index in [0.717, 1.165) is 0 Å². The summed E-state index contributed by atoms with van der Waals surface area (Å²) in [6.45, 7) is 3.43. The molecule has 0 aliphatic rings. The quantitative estimate of drug-likeness (QED) is 0.378. The van der Waals surface area contributed by atoms with Gasteiger partial charge in [-0.3, -0.25) is 10.2 Å². The Kier molecular flexibility index (Phi) is 3.91. The van der Waals surface area contributed by atoms with E-state index in [0.29, 0.717) is 0 Å². The molecule has 17 heavy (non-hydrogen) atoms. The molecule has 1 aromatic heterocycles. The van der Waals surface area contributed by atoms with E-state index in [2.05, 4.69) is 4.72 Å². The number of hydrogen-bond donors (Lipinski definition) is 3. The number of carbonyl (C=O) groups is 1. The molecule has 1 rings (SSSR count). The first kappa shape index (κ1) is 13.7. The number of hydrogen-bond acceptors (Lipinski definition) is 4. The van der Waals surface area contributed by atoms with Crippen LogP contribution >= 0.6 is 0 Å². The predicted octanol–water partition coefficient (Wildman–Crippen LogP) is -0.685. The number of aromatic nitrogens is 1. The van der Waals surface area contributed by atoms with Crippen molar-refractivity contribution in [3.05, 3.63) is 18.0 Å². The summed E-state index contributed by atoms with van der Waals surface area (Å²) in [6.07, 6.45) is 1.36. The van der Waals surface area contributed by atoms with Gasteiger partial charge < -0.3 is 4.57 Å². The first-order valence-electron chi connectivity index (χ1n) is 4.97. The average Bonchev–Trinajstić information content (AvgIpc) is 2.58. The van der Waals surface area contributed by atoms with Crippen LogP contribution in [0.15, 0.2) is 17.2 Å².